The van der Waals surface area contributed by atoms with E-state index in [0.717, 1.165) is 266 Å². The van der Waals surface area contributed by atoms with Crippen LogP contribution in [0, 0.1) is 0 Å². The monoisotopic (exact) mass is 1950 g/mol. The van der Waals surface area contributed by atoms with E-state index in [1.807, 2.05) is 21.7 Å². The number of aliphatic carboxylic acids is 3. The summed E-state index contributed by atoms with van der Waals surface area (Å²) in [7, 11) is 4.12. The molecule has 2 saturated heterocycles. The quantitative estimate of drug-likeness (QED) is 0.0376. The number of carboxylic acids is 3. The summed E-state index contributed by atoms with van der Waals surface area (Å²) >= 11 is 0. The van der Waals surface area contributed by atoms with Crippen molar-refractivity contribution in [3.63, 3.8) is 0 Å². The number of halogens is 1. The van der Waals surface area contributed by atoms with Crippen LogP contribution in [0.3, 0.4) is 0 Å². The normalized spacial score (nSPS) is 23.1. The van der Waals surface area contributed by atoms with E-state index in [1.54, 1.807) is 0 Å². The van der Waals surface area contributed by atoms with Crippen molar-refractivity contribution in [3.05, 3.63) is 72.9 Å². The number of Topliss-reactive ketones (excluding diaryl/α,β-unsaturated/α-hetero) is 2. The molecule has 3 N–H and O–H groups in total. The second kappa shape index (κ2) is 97.4. The fourth-order valence-electron chi connectivity index (χ4n) is 14.8. The van der Waals surface area contributed by atoms with Gasteiger partial charge in [-0.05, 0) is 168 Å². The Morgan fingerprint density at radius 2 is 0.504 bits per heavy atom. The summed E-state index contributed by atoms with van der Waals surface area (Å²) in [6.45, 7) is 35.5. The smallest absolute Gasteiger partial charge is 0.373 e. The number of allylic oxidation sites excluding steroid dienone is 6. The molecule has 6 atom stereocenters. The molecule has 2 unspecified atom stereocenters. The Kier molecular flexibility index (Phi) is 93.2. The van der Waals surface area contributed by atoms with Crippen LogP contribution in [-0.4, -0.2) is 443 Å². The molecule has 2 fully saturated rings. The van der Waals surface area contributed by atoms with E-state index in [0.29, 0.717) is 175 Å². The maximum Gasteiger partial charge on any atom is 0.373 e. The average Bonchev–Trinajstić information content (AvgIpc) is 0.911. The highest BCUT2D eigenvalue weighted by molar-refractivity contribution is 5.80. The summed E-state index contributed by atoms with van der Waals surface area (Å²) in [6.07, 6.45) is 52.5. The Bertz CT molecular complexity index is 2950. The number of rotatable bonds is 45. The average molecular weight is 1960 g/mol. The van der Waals surface area contributed by atoms with Crippen LogP contribution in [0.25, 0.3) is 0 Å². The van der Waals surface area contributed by atoms with Gasteiger partial charge in [-0.3, -0.25) is 48.5 Å². The van der Waals surface area contributed by atoms with Gasteiger partial charge in [-0.1, -0.05) is 108 Å². The molecule has 8 aliphatic heterocycles. The second-order valence-electron chi connectivity index (χ2n) is 34.4. The molecule has 0 aromatic heterocycles. The van der Waals surface area contributed by atoms with Crippen molar-refractivity contribution in [1.82, 2.24) is 39.2 Å². The molecule has 34 nitrogen and oxygen atoms in total. The zero-order chi connectivity index (χ0) is 99.3. The maximum atomic E-state index is 12.7. The minimum atomic E-state index is -0.921. The summed E-state index contributed by atoms with van der Waals surface area (Å²) in [5, 5.41) is 27.9. The maximum absolute atomic E-state index is 12.7. The van der Waals surface area contributed by atoms with Crippen molar-refractivity contribution in [2.75, 3.05) is 310 Å². The molecule has 8 aliphatic rings. The first kappa shape index (κ1) is 131. The Labute approximate surface area is 821 Å². The molecule has 0 radical (unpaired) electrons. The lowest BCUT2D eigenvalue weighted by atomic mass is 10.1. The molecule has 0 aromatic rings. The van der Waals surface area contributed by atoms with Crippen LogP contribution in [-0.2, 0) is 109 Å². The van der Waals surface area contributed by atoms with Gasteiger partial charge in [-0.2, -0.15) is 19.2 Å². The Morgan fingerprint density at radius 3 is 0.737 bits per heavy atom. The van der Waals surface area contributed by atoms with Crippen molar-refractivity contribution >= 4 is 41.8 Å². The summed E-state index contributed by atoms with van der Waals surface area (Å²) in [5.74, 6) is -2.27. The number of nitrogens with zero attached hydrogens (tertiary/aromatic N) is 8. The number of ether oxygens (including phenoxy) is 14. The van der Waals surface area contributed by atoms with E-state index in [1.165, 1.54) is 0 Å². The van der Waals surface area contributed by atoms with Crippen LogP contribution >= 0.6 is 0 Å². The van der Waals surface area contributed by atoms with E-state index >= 15 is 0 Å². The largest absolute Gasteiger partial charge is 0.480 e. The van der Waals surface area contributed by atoms with Crippen molar-refractivity contribution < 1.29 is 129 Å². The van der Waals surface area contributed by atoms with Crippen molar-refractivity contribution in [2.45, 2.75) is 232 Å². The molecule has 35 heteroatoms. The number of ketones is 2. The topological polar surface area (TPSA) is 369 Å². The van der Waals surface area contributed by atoms with Gasteiger partial charge in [0.1, 0.15) is 18.2 Å². The third-order valence-corrected chi connectivity index (χ3v) is 22.5. The molecule has 137 heavy (non-hydrogen) atoms. The van der Waals surface area contributed by atoms with Gasteiger partial charge < -0.3 is 96.3 Å². The fourth-order valence-corrected chi connectivity index (χ4v) is 14.8. The first-order valence-electron chi connectivity index (χ1n) is 50.5. The number of likely N-dealkylation sites (N-methyl/N-ethyl adjacent to an activating group) is 3. The van der Waals surface area contributed by atoms with Crippen LogP contribution in [0.1, 0.15) is 196 Å². The van der Waals surface area contributed by atoms with Crippen molar-refractivity contribution in [2.24, 2.45) is 0 Å². The van der Waals surface area contributed by atoms with Gasteiger partial charge in [-0.25, -0.2) is 4.39 Å². The third-order valence-electron chi connectivity index (χ3n) is 22.5. The van der Waals surface area contributed by atoms with Gasteiger partial charge in [0.15, 0.2) is 0 Å². The first-order chi connectivity index (χ1) is 66.3. The van der Waals surface area contributed by atoms with Gasteiger partial charge in [0.2, 0.25) is 0 Å². The molecule has 8 heterocycles. The summed E-state index contributed by atoms with van der Waals surface area (Å²) < 4.78 is 90.0. The highest BCUT2D eigenvalue weighted by Crippen LogP contribution is 2.16. The highest BCUT2D eigenvalue weighted by Gasteiger charge is 2.24. The minimum Gasteiger partial charge on any atom is -0.480 e. The van der Waals surface area contributed by atoms with Crippen molar-refractivity contribution in [1.29, 1.82) is 0 Å². The van der Waals surface area contributed by atoms with Crippen LogP contribution in [0.5, 0.6) is 0 Å². The molecular weight excluding hydrogens is 1770 g/mol. The Balaban J connectivity index is 0.00000172. The summed E-state index contributed by atoms with van der Waals surface area (Å²) in [6, 6.07) is 0. The molecule has 0 spiro atoms. The van der Waals surface area contributed by atoms with E-state index < -0.39 is 24.6 Å². The van der Waals surface area contributed by atoms with E-state index in [9.17, 15) is 43.7 Å². The number of hydrogen-bond acceptors (Lipinski definition) is 31. The first-order valence-corrected chi connectivity index (χ1v) is 50.5. The molecule has 0 bridgehead atoms. The third kappa shape index (κ3) is 85.3. The van der Waals surface area contributed by atoms with Gasteiger partial charge >= 0.3 is 30.2 Å². The molecule has 8 rings (SSSR count). The zero-order valence-electron chi connectivity index (χ0n) is 84.1. The number of carboxylic acid groups (broad SMARTS) is 3. The molecule has 794 valence electrons. The summed E-state index contributed by atoms with van der Waals surface area (Å²) in [5.41, 5.74) is 0. The van der Waals surface area contributed by atoms with Crippen molar-refractivity contribution in [3.8, 4) is 0 Å². The molecule has 0 saturated carbocycles. The predicted octanol–water partition coefficient (Wildman–Crippen LogP) is 11.1. The second-order valence-corrected chi connectivity index (χ2v) is 34.4. The summed E-state index contributed by atoms with van der Waals surface area (Å²) in [4.78, 5) is 109. The molecule has 0 aliphatic carbocycles. The molecular formula is C102H183FN8O26. The van der Waals surface area contributed by atoms with Gasteiger partial charge in [-0.15, -0.1) is 0 Å². The molecule has 0 aromatic carbocycles. The number of hydrogen-bond donors (Lipinski definition) is 3. The standard InChI is InChI=1S/C28H50N4O8.C28H52N4O6.3C11H20O2.C10H17FO2.2CO2.CH4/c1-29-9-11-30(13-14-32(23-28(36)37)16-15-31(12-10-29)22-27(34)35)21-25(33)7-6-17-38-19-20-39-24-26-8-4-2-3-5-18-40-26;1-3-30-13-11-29(2)12-14-31(17-18-32(16-15-30)24-28(34)35)23-26(33)9-8-19-36-21-22-37-25-27-10-6-4-5-7-20-38-27;3*1-2-8-12-10-11-7-5-3-4-6-9-13-11;11-6-8-12-9-10-5-3-1-2-4-7-13-10;2*2-1-3;/h2-3,26H,4-24H2,1H3,(H,34,35)(H,36,37);4-5,27H,3,6-25H2,1-2H3,(H,34,35);3*3-4,11H,2,5-10H2,1H3;1-2,10H,3-9H2;;;1H4/b3-2+;5-4+;3*4-3+;2-1+;;;/t;;3*11-;10-;;;/m..1100.../s1/i;;;;;11-1;;;. The predicted molar refractivity (Wildman–Crippen MR) is 527 cm³/mol. The SMILES string of the molecule is C.CCCOC[C@@H]1CC/C=C/CCO1.CCCOC[C@H]1CC/C=C/CCO1.CCCOC[C@H]1CC/C=C/CCO1.CCN1CCN(C)CCN(CC(=O)CCCOCCOCC2CC/C=C/CCO2)CCN(CC(=O)O)CC1.CN1CCN(CC(=O)O)CCN(CC(=O)O)CCN(CC(=O)CCCOCCOCC2CC/C=C/CCO2)CC1.O=C=O.O=C=O.[18F]CCOC[C@@H]1CC/C=C/CCO1. The van der Waals surface area contributed by atoms with Crippen LogP contribution in [0.4, 0.5) is 4.39 Å². The highest BCUT2D eigenvalue weighted by atomic mass is 18.2. The molecule has 0 amide bonds. The lowest BCUT2D eigenvalue weighted by molar-refractivity contribution is -0.193. The van der Waals surface area contributed by atoms with Crippen LogP contribution < -0.4 is 0 Å². The number of carbonyl (C=O) groups excluding carboxylic acids is 6. The van der Waals surface area contributed by atoms with Gasteiger partial charge in [0, 0.05) is 151 Å². The minimum absolute atomic E-state index is 0. The van der Waals surface area contributed by atoms with E-state index in [-0.39, 0.29) is 75.8 Å². The lowest BCUT2D eigenvalue weighted by Crippen LogP contribution is -2.47. The Hall–Kier alpha value is -6.00. The fraction of sp³-hybridized carbons (Fsp3) is 0.814. The Morgan fingerprint density at radius 1 is 0.299 bits per heavy atom. The number of alkyl halides is 1. The van der Waals surface area contributed by atoms with Gasteiger partial charge in [0.05, 0.1) is 182 Å². The zero-order valence-corrected chi connectivity index (χ0v) is 84.1. The van der Waals surface area contributed by atoms with Crippen LogP contribution in [0.2, 0.25) is 0 Å². The lowest BCUT2D eigenvalue weighted by Gasteiger charge is -2.32. The van der Waals surface area contributed by atoms with Crippen LogP contribution in [0.15, 0.2) is 72.9 Å². The van der Waals surface area contributed by atoms with E-state index in [2.05, 4.69) is 132 Å². The number of carbonyl (C=O) groups is 5. The van der Waals surface area contributed by atoms with Gasteiger partial charge in [0.25, 0.3) is 0 Å². The van der Waals surface area contributed by atoms with E-state index in [4.69, 9.17) is 85.5 Å².